The van der Waals surface area contributed by atoms with Crippen molar-refractivity contribution in [3.63, 3.8) is 0 Å². The highest BCUT2D eigenvalue weighted by molar-refractivity contribution is 8.00. The number of hydrogen-bond acceptors (Lipinski definition) is 6. The van der Waals surface area contributed by atoms with Crippen molar-refractivity contribution in [3.05, 3.63) is 89.5 Å². The molecule has 0 radical (unpaired) electrons. The van der Waals surface area contributed by atoms with Gasteiger partial charge in [-0.25, -0.2) is 19.7 Å². The molecule has 0 bridgehead atoms. The van der Waals surface area contributed by atoms with E-state index in [1.165, 1.54) is 29.2 Å². The van der Waals surface area contributed by atoms with E-state index in [0.717, 1.165) is 40.6 Å². The van der Waals surface area contributed by atoms with E-state index >= 15 is 0 Å². The van der Waals surface area contributed by atoms with E-state index in [1.807, 2.05) is 24.3 Å². The van der Waals surface area contributed by atoms with E-state index in [9.17, 15) is 13.9 Å². The highest BCUT2D eigenvalue weighted by Gasteiger charge is 2.17. The second kappa shape index (κ2) is 9.95. The SMILES string of the molecule is N/C=N\N(N)Cc1ccccc1CN(Sc1ccc(O)cc1)c1cc(F)ccc1F. The van der Waals surface area contributed by atoms with Gasteiger partial charge < -0.3 is 15.1 Å². The molecule has 30 heavy (non-hydrogen) atoms. The minimum Gasteiger partial charge on any atom is -0.508 e. The number of anilines is 1. The molecule has 5 N–H and O–H groups in total. The Kier molecular flexibility index (Phi) is 7.10. The van der Waals surface area contributed by atoms with Crippen LogP contribution >= 0.6 is 11.9 Å². The van der Waals surface area contributed by atoms with E-state index in [1.54, 1.807) is 16.4 Å². The smallest absolute Gasteiger partial charge is 0.147 e. The summed E-state index contributed by atoms with van der Waals surface area (Å²) in [5, 5.41) is 14.5. The lowest BCUT2D eigenvalue weighted by atomic mass is 10.1. The molecule has 0 spiro atoms. The molecular formula is C21H21F2N5OS. The maximum absolute atomic E-state index is 14.6. The average Bonchev–Trinajstić information content (AvgIpc) is 2.72. The number of hydrogen-bond donors (Lipinski definition) is 3. The number of nitrogens with zero attached hydrogens (tertiary/aromatic N) is 3. The molecule has 6 nitrogen and oxygen atoms in total. The fourth-order valence-electron chi connectivity index (χ4n) is 2.80. The Morgan fingerprint density at radius 3 is 2.30 bits per heavy atom. The molecule has 156 valence electrons. The molecule has 3 aromatic rings. The molecule has 0 amide bonds. The number of phenolic OH excluding ortho intramolecular Hbond substituents is 1. The van der Waals surface area contributed by atoms with Crippen LogP contribution in [0.2, 0.25) is 0 Å². The first kappa shape index (κ1) is 21.4. The molecule has 0 aliphatic rings. The van der Waals surface area contributed by atoms with Crippen molar-refractivity contribution >= 4 is 24.0 Å². The number of hydrazine groups is 1. The molecule has 0 aromatic heterocycles. The normalized spacial score (nSPS) is 11.0. The third kappa shape index (κ3) is 5.62. The standard InChI is InChI=1S/C21H21F2N5OS/c22-17-5-10-20(23)21(11-17)27(30-19-8-6-18(29)7-9-19)12-15-3-1-2-4-16(15)13-28(25)26-14-24/h1-11,14,29H,12-13,25H2,(H2,24,26). The van der Waals surface area contributed by atoms with E-state index in [-0.39, 0.29) is 24.5 Å². The first-order valence-corrected chi connectivity index (χ1v) is 9.76. The summed E-state index contributed by atoms with van der Waals surface area (Å²) in [4.78, 5) is 0.752. The fraction of sp³-hybridized carbons (Fsp3) is 0.0952. The fourth-order valence-corrected chi connectivity index (χ4v) is 3.75. The molecule has 0 unspecified atom stereocenters. The van der Waals surface area contributed by atoms with Crippen LogP contribution in [0.4, 0.5) is 14.5 Å². The summed E-state index contributed by atoms with van der Waals surface area (Å²) >= 11 is 1.23. The van der Waals surface area contributed by atoms with E-state index in [2.05, 4.69) is 5.10 Å². The van der Waals surface area contributed by atoms with Gasteiger partial charge in [-0.15, -0.1) is 0 Å². The van der Waals surface area contributed by atoms with Gasteiger partial charge in [0.25, 0.3) is 0 Å². The predicted molar refractivity (Wildman–Crippen MR) is 115 cm³/mol. The number of benzene rings is 3. The molecule has 0 heterocycles. The van der Waals surface area contributed by atoms with Crippen molar-refractivity contribution in [1.82, 2.24) is 5.12 Å². The molecule has 0 saturated heterocycles. The Bertz CT molecular complexity index is 1020. The second-order valence-corrected chi connectivity index (χ2v) is 7.44. The van der Waals surface area contributed by atoms with Gasteiger partial charge in [-0.05, 0) is 59.5 Å². The quantitative estimate of drug-likeness (QED) is 0.165. The molecule has 0 aliphatic heterocycles. The highest BCUT2D eigenvalue weighted by atomic mass is 32.2. The number of aromatic hydroxyl groups is 1. The van der Waals surface area contributed by atoms with Crippen LogP contribution in [-0.4, -0.2) is 16.6 Å². The maximum Gasteiger partial charge on any atom is 0.147 e. The van der Waals surface area contributed by atoms with Crippen molar-refractivity contribution in [2.75, 3.05) is 4.31 Å². The van der Waals surface area contributed by atoms with Crippen molar-refractivity contribution < 1.29 is 13.9 Å². The lowest BCUT2D eigenvalue weighted by molar-refractivity contribution is 0.291. The summed E-state index contributed by atoms with van der Waals surface area (Å²) < 4.78 is 30.1. The first-order chi connectivity index (χ1) is 14.5. The summed E-state index contributed by atoms with van der Waals surface area (Å²) in [6.07, 6.45) is 1.09. The molecule has 0 fully saturated rings. The van der Waals surface area contributed by atoms with Crippen molar-refractivity contribution in [3.8, 4) is 5.75 Å². The first-order valence-electron chi connectivity index (χ1n) is 8.99. The predicted octanol–water partition coefficient (Wildman–Crippen LogP) is 3.96. The van der Waals surface area contributed by atoms with Crippen LogP contribution < -0.4 is 15.9 Å². The molecule has 0 aliphatic carbocycles. The van der Waals surface area contributed by atoms with Gasteiger partial charge in [0.2, 0.25) is 0 Å². The van der Waals surface area contributed by atoms with Gasteiger partial charge in [0.1, 0.15) is 23.7 Å². The highest BCUT2D eigenvalue weighted by Crippen LogP contribution is 2.34. The summed E-state index contributed by atoms with van der Waals surface area (Å²) in [7, 11) is 0. The Morgan fingerprint density at radius 2 is 1.63 bits per heavy atom. The van der Waals surface area contributed by atoms with Crippen LogP contribution in [0, 0.1) is 11.6 Å². The van der Waals surface area contributed by atoms with Gasteiger partial charge in [0.05, 0.1) is 18.8 Å². The molecule has 3 rings (SSSR count). The second-order valence-electron chi connectivity index (χ2n) is 6.35. The number of nitrogens with two attached hydrogens (primary N) is 2. The molecule has 3 aromatic carbocycles. The van der Waals surface area contributed by atoms with Gasteiger partial charge in [0.15, 0.2) is 0 Å². The summed E-state index contributed by atoms with van der Waals surface area (Å²) in [6, 6.07) is 17.3. The van der Waals surface area contributed by atoms with Gasteiger partial charge in [-0.2, -0.15) is 5.10 Å². The van der Waals surface area contributed by atoms with E-state index in [0.29, 0.717) is 0 Å². The number of hydrazone groups is 1. The third-order valence-corrected chi connectivity index (χ3v) is 5.24. The zero-order valence-corrected chi connectivity index (χ0v) is 16.8. The Hall–Kier alpha value is -3.30. The van der Waals surface area contributed by atoms with Crippen molar-refractivity contribution in [1.29, 1.82) is 0 Å². The van der Waals surface area contributed by atoms with Crippen molar-refractivity contribution in [2.45, 2.75) is 18.0 Å². The topological polar surface area (TPSA) is 91.1 Å². The Labute approximate surface area is 177 Å². The minimum atomic E-state index is -0.548. The zero-order valence-electron chi connectivity index (χ0n) is 16.0. The maximum atomic E-state index is 14.6. The summed E-state index contributed by atoms with van der Waals surface area (Å²) in [5.41, 5.74) is 7.11. The minimum absolute atomic E-state index is 0.104. The van der Waals surface area contributed by atoms with Crippen molar-refractivity contribution in [2.24, 2.45) is 16.7 Å². The monoisotopic (exact) mass is 429 g/mol. The van der Waals surface area contributed by atoms with E-state index < -0.39 is 11.6 Å². The van der Waals surface area contributed by atoms with E-state index in [4.69, 9.17) is 11.6 Å². The zero-order chi connectivity index (χ0) is 21.5. The third-order valence-electron chi connectivity index (χ3n) is 4.21. The Morgan fingerprint density at radius 1 is 0.967 bits per heavy atom. The molecule has 0 saturated carbocycles. The Balaban J connectivity index is 1.95. The van der Waals surface area contributed by atoms with Crippen LogP contribution in [0.5, 0.6) is 5.75 Å². The van der Waals surface area contributed by atoms with Crippen LogP contribution in [0.1, 0.15) is 11.1 Å². The van der Waals surface area contributed by atoms with Crippen LogP contribution in [0.15, 0.2) is 76.7 Å². The van der Waals surface area contributed by atoms with Crippen LogP contribution in [-0.2, 0) is 13.1 Å². The summed E-state index contributed by atoms with van der Waals surface area (Å²) in [6.45, 7) is 0.551. The number of rotatable bonds is 8. The largest absolute Gasteiger partial charge is 0.508 e. The number of halogens is 2. The summed E-state index contributed by atoms with van der Waals surface area (Å²) in [5.74, 6) is 4.85. The molecule has 0 atom stereocenters. The van der Waals surface area contributed by atoms with Crippen LogP contribution in [0.25, 0.3) is 0 Å². The lowest BCUT2D eigenvalue weighted by Gasteiger charge is -2.26. The molecular weight excluding hydrogens is 408 g/mol. The average molecular weight is 429 g/mol. The van der Waals surface area contributed by atoms with Crippen LogP contribution in [0.3, 0.4) is 0 Å². The van der Waals surface area contributed by atoms with Gasteiger partial charge in [-0.1, -0.05) is 24.3 Å². The van der Waals surface area contributed by atoms with Gasteiger partial charge in [0, 0.05) is 11.0 Å². The van der Waals surface area contributed by atoms with Gasteiger partial charge >= 0.3 is 0 Å². The van der Waals surface area contributed by atoms with Gasteiger partial charge in [-0.3, -0.25) is 0 Å². The lowest BCUT2D eigenvalue weighted by Crippen LogP contribution is -2.26. The molecule has 9 heteroatoms. The number of phenols is 1.